The van der Waals surface area contributed by atoms with Crippen LogP contribution in [-0.2, 0) is 12.8 Å². The van der Waals surface area contributed by atoms with Crippen LogP contribution in [0.2, 0.25) is 0 Å². The first-order chi connectivity index (χ1) is 9.06. The number of halogens is 2. The van der Waals surface area contributed by atoms with E-state index in [2.05, 4.69) is 35.0 Å². The van der Waals surface area contributed by atoms with Crippen molar-refractivity contribution in [3.63, 3.8) is 0 Å². The van der Waals surface area contributed by atoms with Crippen molar-refractivity contribution in [2.45, 2.75) is 25.8 Å². The normalized spacial score (nSPS) is 12.4. The summed E-state index contributed by atoms with van der Waals surface area (Å²) in [6.45, 7) is 2.09. The van der Waals surface area contributed by atoms with Crippen LogP contribution in [0.5, 0.6) is 0 Å². The maximum absolute atomic E-state index is 13.2. The molecule has 1 unspecified atom stereocenters. The lowest BCUT2D eigenvalue weighted by Gasteiger charge is -2.14. The molecule has 0 aliphatic heterocycles. The molecular formula is C16H17BrFN. The largest absolute Gasteiger partial charge is 0.327 e. The van der Waals surface area contributed by atoms with Crippen LogP contribution in [0.3, 0.4) is 0 Å². The second-order valence-electron chi connectivity index (χ2n) is 4.84. The molecule has 0 fully saturated rings. The third kappa shape index (κ3) is 3.88. The first kappa shape index (κ1) is 14.2. The van der Waals surface area contributed by atoms with Gasteiger partial charge in [0.1, 0.15) is 5.82 Å². The third-order valence-corrected chi connectivity index (χ3v) is 3.83. The van der Waals surface area contributed by atoms with E-state index in [1.165, 1.54) is 17.2 Å². The number of benzene rings is 2. The molecule has 0 aromatic heterocycles. The smallest absolute Gasteiger partial charge is 0.137 e. The number of hydrogen-bond acceptors (Lipinski definition) is 1. The summed E-state index contributed by atoms with van der Waals surface area (Å²) in [6.07, 6.45) is 1.58. The molecule has 2 N–H and O–H groups in total. The van der Waals surface area contributed by atoms with E-state index < -0.39 is 0 Å². The van der Waals surface area contributed by atoms with Crippen molar-refractivity contribution in [1.29, 1.82) is 0 Å². The average Bonchev–Trinajstić information content (AvgIpc) is 2.37. The highest BCUT2D eigenvalue weighted by molar-refractivity contribution is 9.10. The standard InChI is InChI=1S/C16H17BrFN/c1-11-4-2-3-5-13(11)10-14(19)8-12-6-7-16(18)15(17)9-12/h2-7,9,14H,8,10,19H2,1H3. The van der Waals surface area contributed by atoms with E-state index >= 15 is 0 Å². The lowest BCUT2D eigenvalue weighted by atomic mass is 9.97. The van der Waals surface area contributed by atoms with Crippen LogP contribution in [0.25, 0.3) is 0 Å². The van der Waals surface area contributed by atoms with Gasteiger partial charge in [0, 0.05) is 6.04 Å². The summed E-state index contributed by atoms with van der Waals surface area (Å²) in [5.74, 6) is -0.240. The van der Waals surface area contributed by atoms with Gasteiger partial charge < -0.3 is 5.73 Å². The van der Waals surface area contributed by atoms with Gasteiger partial charge in [0.15, 0.2) is 0 Å². The van der Waals surface area contributed by atoms with Crippen molar-refractivity contribution < 1.29 is 4.39 Å². The molecule has 2 aromatic carbocycles. The van der Waals surface area contributed by atoms with Crippen LogP contribution in [0, 0.1) is 12.7 Å². The fourth-order valence-corrected chi connectivity index (χ4v) is 2.59. The highest BCUT2D eigenvalue weighted by Crippen LogP contribution is 2.18. The van der Waals surface area contributed by atoms with Crippen LogP contribution >= 0.6 is 15.9 Å². The van der Waals surface area contributed by atoms with E-state index in [-0.39, 0.29) is 11.9 Å². The van der Waals surface area contributed by atoms with Gasteiger partial charge in [-0.2, -0.15) is 0 Å². The molecule has 100 valence electrons. The van der Waals surface area contributed by atoms with Gasteiger partial charge in [-0.1, -0.05) is 30.3 Å². The van der Waals surface area contributed by atoms with Gasteiger partial charge in [-0.3, -0.25) is 0 Å². The molecule has 2 rings (SSSR count). The molecule has 0 spiro atoms. The molecule has 0 saturated carbocycles. The zero-order valence-electron chi connectivity index (χ0n) is 10.9. The van der Waals surface area contributed by atoms with Gasteiger partial charge in [0.25, 0.3) is 0 Å². The minimum Gasteiger partial charge on any atom is -0.327 e. The van der Waals surface area contributed by atoms with E-state index in [1.807, 2.05) is 12.1 Å². The predicted molar refractivity (Wildman–Crippen MR) is 80.7 cm³/mol. The van der Waals surface area contributed by atoms with Crippen molar-refractivity contribution in [2.75, 3.05) is 0 Å². The topological polar surface area (TPSA) is 26.0 Å². The van der Waals surface area contributed by atoms with Gasteiger partial charge in [0.2, 0.25) is 0 Å². The molecule has 19 heavy (non-hydrogen) atoms. The fourth-order valence-electron chi connectivity index (χ4n) is 2.16. The van der Waals surface area contributed by atoms with E-state index in [1.54, 1.807) is 12.1 Å². The summed E-state index contributed by atoms with van der Waals surface area (Å²) in [5, 5.41) is 0. The summed E-state index contributed by atoms with van der Waals surface area (Å²) < 4.78 is 13.7. The maximum atomic E-state index is 13.2. The number of nitrogens with two attached hydrogens (primary N) is 1. The molecule has 0 amide bonds. The van der Waals surface area contributed by atoms with Gasteiger partial charge >= 0.3 is 0 Å². The highest BCUT2D eigenvalue weighted by atomic mass is 79.9. The third-order valence-electron chi connectivity index (χ3n) is 3.23. The average molecular weight is 322 g/mol. The van der Waals surface area contributed by atoms with Gasteiger partial charge in [-0.15, -0.1) is 0 Å². The Bertz CT molecular complexity index is 568. The van der Waals surface area contributed by atoms with E-state index in [9.17, 15) is 4.39 Å². The Morgan fingerprint density at radius 3 is 2.58 bits per heavy atom. The summed E-state index contributed by atoms with van der Waals surface area (Å²) in [6, 6.07) is 13.4. The quantitative estimate of drug-likeness (QED) is 0.904. The molecule has 0 aliphatic carbocycles. The first-order valence-electron chi connectivity index (χ1n) is 6.30. The monoisotopic (exact) mass is 321 g/mol. The van der Waals surface area contributed by atoms with Crippen molar-refractivity contribution in [3.05, 3.63) is 69.4 Å². The van der Waals surface area contributed by atoms with Crippen molar-refractivity contribution >= 4 is 15.9 Å². The molecule has 0 aliphatic rings. The number of hydrogen-bond donors (Lipinski definition) is 1. The Hall–Kier alpha value is -1.19. The molecular weight excluding hydrogens is 305 g/mol. The molecule has 1 atom stereocenters. The summed E-state index contributed by atoms with van der Waals surface area (Å²) in [5.41, 5.74) is 9.77. The zero-order chi connectivity index (χ0) is 13.8. The maximum Gasteiger partial charge on any atom is 0.137 e. The minimum absolute atomic E-state index is 0.0402. The fraction of sp³-hybridized carbons (Fsp3) is 0.250. The van der Waals surface area contributed by atoms with Gasteiger partial charge in [-0.25, -0.2) is 4.39 Å². The first-order valence-corrected chi connectivity index (χ1v) is 7.09. The molecule has 0 bridgehead atoms. The Kier molecular flexibility index (Phi) is 4.72. The molecule has 0 radical (unpaired) electrons. The lowest BCUT2D eigenvalue weighted by Crippen LogP contribution is -2.25. The summed E-state index contributed by atoms with van der Waals surface area (Å²) in [4.78, 5) is 0. The zero-order valence-corrected chi connectivity index (χ0v) is 12.5. The molecule has 1 nitrogen and oxygen atoms in total. The molecule has 0 saturated heterocycles. The van der Waals surface area contributed by atoms with Crippen LogP contribution < -0.4 is 5.73 Å². The van der Waals surface area contributed by atoms with Crippen molar-refractivity contribution in [3.8, 4) is 0 Å². The van der Waals surface area contributed by atoms with Gasteiger partial charge in [-0.05, 0) is 64.5 Å². The number of rotatable bonds is 4. The van der Waals surface area contributed by atoms with Crippen molar-refractivity contribution in [2.24, 2.45) is 5.73 Å². The predicted octanol–water partition coefficient (Wildman–Crippen LogP) is 4.01. The Morgan fingerprint density at radius 2 is 1.89 bits per heavy atom. The van der Waals surface area contributed by atoms with E-state index in [0.29, 0.717) is 4.47 Å². The second-order valence-corrected chi connectivity index (χ2v) is 5.70. The van der Waals surface area contributed by atoms with Crippen LogP contribution in [-0.4, -0.2) is 6.04 Å². The van der Waals surface area contributed by atoms with Crippen LogP contribution in [0.15, 0.2) is 46.9 Å². The minimum atomic E-state index is -0.240. The Labute approximate surface area is 121 Å². The molecule has 0 heterocycles. The SMILES string of the molecule is Cc1ccccc1CC(N)Cc1ccc(F)c(Br)c1. The highest BCUT2D eigenvalue weighted by Gasteiger charge is 2.08. The van der Waals surface area contributed by atoms with E-state index in [4.69, 9.17) is 5.73 Å². The summed E-state index contributed by atoms with van der Waals surface area (Å²) >= 11 is 3.20. The van der Waals surface area contributed by atoms with E-state index in [0.717, 1.165) is 18.4 Å². The van der Waals surface area contributed by atoms with Crippen molar-refractivity contribution in [1.82, 2.24) is 0 Å². The Balaban J connectivity index is 2.03. The Morgan fingerprint density at radius 1 is 1.16 bits per heavy atom. The molecule has 3 heteroatoms. The van der Waals surface area contributed by atoms with Gasteiger partial charge in [0.05, 0.1) is 4.47 Å². The second kappa shape index (κ2) is 6.31. The lowest BCUT2D eigenvalue weighted by molar-refractivity contribution is 0.617. The molecule has 2 aromatic rings. The summed E-state index contributed by atoms with van der Waals surface area (Å²) in [7, 11) is 0. The van der Waals surface area contributed by atoms with Crippen LogP contribution in [0.4, 0.5) is 4.39 Å². The van der Waals surface area contributed by atoms with Crippen LogP contribution in [0.1, 0.15) is 16.7 Å². The number of aryl methyl sites for hydroxylation is 1.